The third kappa shape index (κ3) is 2.71. The van der Waals surface area contributed by atoms with Crippen LogP contribution in [0.2, 0.25) is 5.02 Å². The molecule has 0 radical (unpaired) electrons. The van der Waals surface area contributed by atoms with Gasteiger partial charge >= 0.3 is 0 Å². The molecule has 1 amide bonds. The number of hydrogen-bond acceptors (Lipinski definition) is 4. The van der Waals surface area contributed by atoms with Crippen molar-refractivity contribution in [2.24, 2.45) is 0 Å². The molecule has 1 fully saturated rings. The smallest absolute Gasteiger partial charge is 0.257 e. The van der Waals surface area contributed by atoms with Crippen LogP contribution in [0.25, 0.3) is 11.1 Å². The van der Waals surface area contributed by atoms with E-state index in [1.807, 2.05) is 42.5 Å². The second-order valence-corrected chi connectivity index (χ2v) is 6.85. The van der Waals surface area contributed by atoms with Gasteiger partial charge in [0.15, 0.2) is 5.58 Å². The molecule has 4 nitrogen and oxygen atoms in total. The van der Waals surface area contributed by atoms with Gasteiger partial charge in [-0.05, 0) is 30.7 Å². The number of nitrogens with zero attached hydrogens (tertiary/aromatic N) is 2. The summed E-state index contributed by atoms with van der Waals surface area (Å²) in [5, 5.41) is 0.929. The highest BCUT2D eigenvalue weighted by Crippen LogP contribution is 2.36. The molecule has 3 aromatic rings. The maximum Gasteiger partial charge on any atom is 0.257 e. The van der Waals surface area contributed by atoms with Crippen LogP contribution < -0.4 is 4.90 Å². The van der Waals surface area contributed by atoms with E-state index in [0.29, 0.717) is 16.8 Å². The molecule has 23 heavy (non-hydrogen) atoms. The zero-order valence-electron chi connectivity index (χ0n) is 12.1. The molecule has 1 unspecified atom stereocenters. The summed E-state index contributed by atoms with van der Waals surface area (Å²) in [6, 6.07) is 15.0. The average Bonchev–Trinajstić information content (AvgIpc) is 3.12. The molecular weight excluding hydrogens is 332 g/mol. The third-order valence-electron chi connectivity index (χ3n) is 3.82. The first-order chi connectivity index (χ1) is 11.2. The minimum absolute atomic E-state index is 0.0466. The molecular formula is C17H13ClN2O2S. The van der Waals surface area contributed by atoms with Crippen molar-refractivity contribution in [1.82, 2.24) is 4.98 Å². The zero-order chi connectivity index (χ0) is 15.8. The number of oxazole rings is 1. The molecule has 1 atom stereocenters. The summed E-state index contributed by atoms with van der Waals surface area (Å²) in [6.45, 7) is 0.653. The van der Waals surface area contributed by atoms with Crippen LogP contribution in [0.5, 0.6) is 0 Å². The molecule has 1 aliphatic heterocycles. The number of rotatable bonds is 3. The van der Waals surface area contributed by atoms with Crippen molar-refractivity contribution in [2.75, 3.05) is 11.4 Å². The van der Waals surface area contributed by atoms with Gasteiger partial charge in [0.2, 0.25) is 5.91 Å². The van der Waals surface area contributed by atoms with E-state index in [1.165, 1.54) is 11.8 Å². The van der Waals surface area contributed by atoms with Gasteiger partial charge in [-0.3, -0.25) is 4.79 Å². The van der Waals surface area contributed by atoms with E-state index in [9.17, 15) is 4.79 Å². The Hall–Kier alpha value is -1.98. The number of aromatic nitrogens is 1. The first-order valence-electron chi connectivity index (χ1n) is 7.30. The highest BCUT2D eigenvalue weighted by molar-refractivity contribution is 8.00. The minimum Gasteiger partial charge on any atom is -0.431 e. The SMILES string of the molecule is O=C1C(Sc2nc3ccccc3o2)CCN1c1ccccc1Cl. The van der Waals surface area contributed by atoms with E-state index in [1.54, 1.807) is 11.0 Å². The van der Waals surface area contributed by atoms with Gasteiger partial charge in [0.25, 0.3) is 5.22 Å². The number of carbonyl (C=O) groups excluding carboxylic acids is 1. The Kier molecular flexibility index (Phi) is 3.75. The quantitative estimate of drug-likeness (QED) is 0.707. The Labute approximate surface area is 142 Å². The van der Waals surface area contributed by atoms with Crippen LogP contribution in [-0.4, -0.2) is 22.7 Å². The summed E-state index contributed by atoms with van der Waals surface area (Å²) >= 11 is 7.58. The Balaban J connectivity index is 1.55. The van der Waals surface area contributed by atoms with Gasteiger partial charge in [-0.2, -0.15) is 0 Å². The molecule has 0 bridgehead atoms. The van der Waals surface area contributed by atoms with Gasteiger partial charge in [-0.1, -0.05) is 47.6 Å². The van der Waals surface area contributed by atoms with Crippen LogP contribution >= 0.6 is 23.4 Å². The monoisotopic (exact) mass is 344 g/mol. The Morgan fingerprint density at radius 2 is 1.96 bits per heavy atom. The largest absolute Gasteiger partial charge is 0.431 e. The van der Waals surface area contributed by atoms with E-state index in [2.05, 4.69) is 4.98 Å². The third-order valence-corrected chi connectivity index (χ3v) is 5.23. The molecule has 116 valence electrons. The molecule has 2 aromatic carbocycles. The Morgan fingerprint density at radius 3 is 2.78 bits per heavy atom. The van der Waals surface area contributed by atoms with Crippen molar-refractivity contribution in [3.8, 4) is 0 Å². The van der Waals surface area contributed by atoms with Crippen molar-refractivity contribution in [3.63, 3.8) is 0 Å². The normalized spacial score (nSPS) is 18.0. The van der Waals surface area contributed by atoms with Crippen LogP contribution in [0, 0.1) is 0 Å². The van der Waals surface area contributed by atoms with Crippen LogP contribution in [0.15, 0.2) is 58.2 Å². The fourth-order valence-electron chi connectivity index (χ4n) is 2.70. The highest BCUT2D eigenvalue weighted by Gasteiger charge is 2.35. The number of anilines is 1. The van der Waals surface area contributed by atoms with E-state index in [-0.39, 0.29) is 11.2 Å². The topological polar surface area (TPSA) is 46.3 Å². The number of hydrogen-bond donors (Lipinski definition) is 0. The molecule has 0 saturated carbocycles. The van der Waals surface area contributed by atoms with Crippen molar-refractivity contribution < 1.29 is 9.21 Å². The molecule has 4 rings (SSSR count). The number of fused-ring (bicyclic) bond motifs is 1. The Bertz CT molecular complexity index is 847. The lowest BCUT2D eigenvalue weighted by Crippen LogP contribution is -2.28. The predicted molar refractivity (Wildman–Crippen MR) is 92.1 cm³/mol. The lowest BCUT2D eigenvalue weighted by Gasteiger charge is -2.17. The fraction of sp³-hybridized carbons (Fsp3) is 0.176. The summed E-state index contributed by atoms with van der Waals surface area (Å²) in [7, 11) is 0. The van der Waals surface area contributed by atoms with E-state index in [4.69, 9.17) is 16.0 Å². The van der Waals surface area contributed by atoms with Crippen LogP contribution in [-0.2, 0) is 4.79 Å². The van der Waals surface area contributed by atoms with E-state index in [0.717, 1.165) is 23.2 Å². The lowest BCUT2D eigenvalue weighted by molar-refractivity contribution is -0.116. The van der Waals surface area contributed by atoms with Gasteiger partial charge in [-0.25, -0.2) is 4.98 Å². The molecule has 1 aliphatic rings. The second kappa shape index (κ2) is 5.91. The second-order valence-electron chi connectivity index (χ2n) is 5.28. The molecule has 0 spiro atoms. The summed E-state index contributed by atoms with van der Waals surface area (Å²) in [5.74, 6) is 0.0466. The van der Waals surface area contributed by atoms with Crippen LogP contribution in [0.1, 0.15) is 6.42 Å². The van der Waals surface area contributed by atoms with Gasteiger partial charge in [0.05, 0.1) is 16.0 Å². The standard InChI is InChI=1S/C17H13ClN2O2S/c18-11-5-1-3-7-13(11)20-10-9-15(16(20)21)23-17-19-12-6-2-4-8-14(12)22-17/h1-8,15H,9-10H2. The zero-order valence-corrected chi connectivity index (χ0v) is 13.7. The van der Waals surface area contributed by atoms with Crippen molar-refractivity contribution in [3.05, 3.63) is 53.6 Å². The summed E-state index contributed by atoms with van der Waals surface area (Å²) in [5.41, 5.74) is 2.31. The number of carbonyl (C=O) groups is 1. The molecule has 6 heteroatoms. The number of benzene rings is 2. The highest BCUT2D eigenvalue weighted by atomic mass is 35.5. The first-order valence-corrected chi connectivity index (χ1v) is 8.56. The average molecular weight is 345 g/mol. The maximum absolute atomic E-state index is 12.7. The van der Waals surface area contributed by atoms with Crippen molar-refractivity contribution >= 4 is 46.1 Å². The minimum atomic E-state index is -0.195. The van der Waals surface area contributed by atoms with Crippen LogP contribution in [0.3, 0.4) is 0 Å². The molecule has 1 saturated heterocycles. The van der Waals surface area contributed by atoms with Gasteiger partial charge in [-0.15, -0.1) is 0 Å². The number of para-hydroxylation sites is 3. The predicted octanol–water partition coefficient (Wildman–Crippen LogP) is 4.38. The first kappa shape index (κ1) is 14.6. The Morgan fingerprint density at radius 1 is 1.17 bits per heavy atom. The fourth-order valence-corrected chi connectivity index (χ4v) is 3.92. The number of halogens is 1. The molecule has 2 heterocycles. The van der Waals surface area contributed by atoms with Crippen molar-refractivity contribution in [1.29, 1.82) is 0 Å². The summed E-state index contributed by atoms with van der Waals surface area (Å²) in [6.07, 6.45) is 0.744. The molecule has 1 aromatic heterocycles. The number of amides is 1. The maximum atomic E-state index is 12.7. The van der Waals surface area contributed by atoms with Gasteiger partial charge in [0, 0.05) is 6.54 Å². The van der Waals surface area contributed by atoms with Crippen LogP contribution in [0.4, 0.5) is 5.69 Å². The lowest BCUT2D eigenvalue weighted by atomic mass is 10.3. The van der Waals surface area contributed by atoms with E-state index >= 15 is 0 Å². The summed E-state index contributed by atoms with van der Waals surface area (Å²) in [4.78, 5) is 18.8. The van der Waals surface area contributed by atoms with Gasteiger partial charge in [0.1, 0.15) is 5.52 Å². The van der Waals surface area contributed by atoms with Gasteiger partial charge < -0.3 is 9.32 Å². The molecule has 0 aliphatic carbocycles. The van der Waals surface area contributed by atoms with Crippen molar-refractivity contribution in [2.45, 2.75) is 16.9 Å². The molecule has 0 N–H and O–H groups in total. The summed E-state index contributed by atoms with van der Waals surface area (Å²) < 4.78 is 5.70. The number of thioether (sulfide) groups is 1. The van der Waals surface area contributed by atoms with E-state index < -0.39 is 0 Å².